The quantitative estimate of drug-likeness (QED) is 0.121. The Labute approximate surface area is 195 Å². The number of carbonyl (C=O) groups is 1. The van der Waals surface area contributed by atoms with Crippen LogP contribution in [0, 0.1) is 0 Å². The summed E-state index contributed by atoms with van der Waals surface area (Å²) in [4.78, 5) is 12.9. The van der Waals surface area contributed by atoms with E-state index < -0.39 is 5.97 Å². The van der Waals surface area contributed by atoms with Crippen molar-refractivity contribution in [1.82, 2.24) is 4.90 Å². The number of nitrogens with zero attached hydrogens (tertiary/aromatic N) is 1. The van der Waals surface area contributed by atoms with E-state index in [1.807, 2.05) is 0 Å². The number of carboxylic acid groups (broad SMARTS) is 1. The smallest absolute Gasteiger partial charge is 0.303 e. The molecule has 0 aliphatic carbocycles. The molecule has 3 nitrogen and oxygen atoms in total. The molecule has 0 aliphatic heterocycles. The predicted octanol–water partition coefficient (Wildman–Crippen LogP) is 8.77. The molecule has 0 radical (unpaired) electrons. The van der Waals surface area contributed by atoms with Crippen LogP contribution in [0.3, 0.4) is 0 Å². The van der Waals surface area contributed by atoms with Gasteiger partial charge in [0.2, 0.25) is 0 Å². The van der Waals surface area contributed by atoms with Crippen LogP contribution in [0.4, 0.5) is 0 Å². The number of allylic oxidation sites excluding steroid dienone is 2. The van der Waals surface area contributed by atoms with Crippen molar-refractivity contribution >= 4 is 5.97 Å². The standard InChI is InChI=1S/C28H55NO2/c1-4-5-6-18-21-24-27(29(2)3)25-22-19-16-14-12-10-8-7-9-11-13-15-17-20-23-26-28(30)31/h7,9,27H,4-6,8,10-26H2,1-3H3,(H,30,31). The Morgan fingerprint density at radius 3 is 1.55 bits per heavy atom. The third kappa shape index (κ3) is 23.7. The fourth-order valence-corrected chi connectivity index (χ4v) is 4.30. The normalized spacial score (nSPS) is 12.8. The maximum atomic E-state index is 10.4. The molecule has 0 aliphatic rings. The third-order valence-electron chi connectivity index (χ3n) is 6.46. The monoisotopic (exact) mass is 437 g/mol. The Morgan fingerprint density at radius 2 is 1.10 bits per heavy atom. The number of hydrogen-bond acceptors (Lipinski definition) is 2. The van der Waals surface area contributed by atoms with Gasteiger partial charge in [0.1, 0.15) is 0 Å². The van der Waals surface area contributed by atoms with Crippen molar-refractivity contribution in [2.75, 3.05) is 14.1 Å². The van der Waals surface area contributed by atoms with Crippen molar-refractivity contribution in [3.05, 3.63) is 12.2 Å². The van der Waals surface area contributed by atoms with Gasteiger partial charge in [-0.2, -0.15) is 0 Å². The lowest BCUT2D eigenvalue weighted by atomic mass is 9.99. The van der Waals surface area contributed by atoms with Crippen molar-refractivity contribution in [3.8, 4) is 0 Å². The Bertz CT molecular complexity index is 406. The van der Waals surface area contributed by atoms with Gasteiger partial charge in [0.25, 0.3) is 0 Å². The molecule has 1 N–H and O–H groups in total. The van der Waals surface area contributed by atoms with Gasteiger partial charge >= 0.3 is 5.97 Å². The molecule has 0 bridgehead atoms. The topological polar surface area (TPSA) is 40.5 Å². The lowest BCUT2D eigenvalue weighted by molar-refractivity contribution is -0.137. The van der Waals surface area contributed by atoms with Crippen LogP contribution in [0.5, 0.6) is 0 Å². The maximum Gasteiger partial charge on any atom is 0.303 e. The maximum absolute atomic E-state index is 10.4. The first-order chi connectivity index (χ1) is 15.1. The summed E-state index contributed by atoms with van der Waals surface area (Å²) in [7, 11) is 4.51. The molecule has 184 valence electrons. The van der Waals surface area contributed by atoms with Gasteiger partial charge in [-0.1, -0.05) is 103 Å². The minimum atomic E-state index is -0.663. The molecule has 0 fully saturated rings. The Kier molecular flexibility index (Phi) is 23.2. The molecular formula is C28H55NO2. The minimum absolute atomic E-state index is 0.329. The molecule has 3 heteroatoms. The molecule has 0 spiro atoms. The minimum Gasteiger partial charge on any atom is -0.481 e. The van der Waals surface area contributed by atoms with Crippen LogP contribution in [-0.4, -0.2) is 36.1 Å². The summed E-state index contributed by atoms with van der Waals surface area (Å²) in [6, 6.07) is 0.788. The van der Waals surface area contributed by atoms with Gasteiger partial charge in [0.15, 0.2) is 0 Å². The summed E-state index contributed by atoms with van der Waals surface area (Å²) in [5.41, 5.74) is 0. The molecule has 0 rings (SSSR count). The van der Waals surface area contributed by atoms with E-state index in [4.69, 9.17) is 5.11 Å². The molecule has 1 atom stereocenters. The summed E-state index contributed by atoms with van der Waals surface area (Å²) >= 11 is 0. The van der Waals surface area contributed by atoms with Crippen LogP contribution in [0.15, 0.2) is 12.2 Å². The van der Waals surface area contributed by atoms with Crippen LogP contribution in [0.1, 0.15) is 142 Å². The van der Waals surface area contributed by atoms with E-state index >= 15 is 0 Å². The van der Waals surface area contributed by atoms with E-state index in [1.54, 1.807) is 0 Å². The van der Waals surface area contributed by atoms with Gasteiger partial charge in [0.05, 0.1) is 0 Å². The van der Waals surface area contributed by atoms with E-state index in [9.17, 15) is 4.79 Å². The molecule has 0 saturated carbocycles. The average molecular weight is 438 g/mol. The second-order valence-electron chi connectivity index (χ2n) is 9.69. The third-order valence-corrected chi connectivity index (χ3v) is 6.46. The van der Waals surface area contributed by atoms with E-state index in [0.29, 0.717) is 6.42 Å². The average Bonchev–Trinajstić information content (AvgIpc) is 2.73. The zero-order valence-electron chi connectivity index (χ0n) is 21.4. The van der Waals surface area contributed by atoms with Crippen LogP contribution in [0.25, 0.3) is 0 Å². The molecule has 31 heavy (non-hydrogen) atoms. The molecule has 0 heterocycles. The van der Waals surface area contributed by atoms with Crippen LogP contribution in [-0.2, 0) is 4.79 Å². The summed E-state index contributed by atoms with van der Waals surface area (Å²) in [6.45, 7) is 2.29. The van der Waals surface area contributed by atoms with E-state index in [1.165, 1.54) is 116 Å². The molecule has 0 aromatic heterocycles. The summed E-state index contributed by atoms with van der Waals surface area (Å²) in [5, 5.41) is 8.60. The number of rotatable bonds is 24. The first-order valence-electron chi connectivity index (χ1n) is 13.6. The largest absolute Gasteiger partial charge is 0.481 e. The fraction of sp³-hybridized carbons (Fsp3) is 0.893. The zero-order chi connectivity index (χ0) is 23.0. The van der Waals surface area contributed by atoms with Crippen LogP contribution in [0.2, 0.25) is 0 Å². The van der Waals surface area contributed by atoms with E-state index in [2.05, 4.69) is 38.1 Å². The van der Waals surface area contributed by atoms with E-state index in [0.717, 1.165) is 18.9 Å². The molecule has 0 amide bonds. The number of hydrogen-bond donors (Lipinski definition) is 1. The van der Waals surface area contributed by atoms with Crippen molar-refractivity contribution in [3.63, 3.8) is 0 Å². The van der Waals surface area contributed by atoms with E-state index in [-0.39, 0.29) is 0 Å². The highest BCUT2D eigenvalue weighted by Gasteiger charge is 2.10. The van der Waals surface area contributed by atoms with Gasteiger partial charge in [-0.15, -0.1) is 0 Å². The first kappa shape index (κ1) is 30.2. The highest BCUT2D eigenvalue weighted by atomic mass is 16.4. The second-order valence-corrected chi connectivity index (χ2v) is 9.69. The number of unbranched alkanes of at least 4 members (excludes halogenated alkanes) is 15. The fourth-order valence-electron chi connectivity index (χ4n) is 4.30. The number of carboxylic acids is 1. The lowest BCUT2D eigenvalue weighted by Crippen LogP contribution is -2.27. The Hall–Kier alpha value is -0.830. The van der Waals surface area contributed by atoms with Crippen LogP contribution < -0.4 is 0 Å². The predicted molar refractivity (Wildman–Crippen MR) is 137 cm³/mol. The highest BCUT2D eigenvalue weighted by Crippen LogP contribution is 2.17. The van der Waals surface area contributed by atoms with Gasteiger partial charge in [-0.05, 0) is 59.0 Å². The molecular weight excluding hydrogens is 382 g/mol. The van der Waals surface area contributed by atoms with Crippen LogP contribution >= 0.6 is 0 Å². The summed E-state index contributed by atoms with van der Waals surface area (Å²) in [6.07, 6.45) is 31.1. The van der Waals surface area contributed by atoms with Gasteiger partial charge in [-0.3, -0.25) is 4.79 Å². The molecule has 0 aromatic carbocycles. The van der Waals surface area contributed by atoms with Crippen molar-refractivity contribution in [2.45, 2.75) is 148 Å². The molecule has 0 saturated heterocycles. The SMILES string of the molecule is CCCCCCCC(CCCCCCCCC=CCCCCCCCC(=O)O)N(C)C. The molecule has 1 unspecified atom stereocenters. The lowest BCUT2D eigenvalue weighted by Gasteiger charge is -2.24. The summed E-state index contributed by atoms with van der Waals surface area (Å²) in [5.74, 6) is -0.663. The van der Waals surface area contributed by atoms with Gasteiger partial charge in [0, 0.05) is 12.5 Å². The summed E-state index contributed by atoms with van der Waals surface area (Å²) < 4.78 is 0. The highest BCUT2D eigenvalue weighted by molar-refractivity contribution is 5.66. The number of aliphatic carboxylic acids is 1. The van der Waals surface area contributed by atoms with Gasteiger partial charge < -0.3 is 10.0 Å². The Balaban J connectivity index is 3.40. The first-order valence-corrected chi connectivity index (χ1v) is 13.6. The molecule has 0 aromatic rings. The van der Waals surface area contributed by atoms with Crippen molar-refractivity contribution in [2.24, 2.45) is 0 Å². The van der Waals surface area contributed by atoms with Crippen molar-refractivity contribution < 1.29 is 9.90 Å². The Morgan fingerprint density at radius 1 is 0.677 bits per heavy atom. The zero-order valence-corrected chi connectivity index (χ0v) is 21.4. The second kappa shape index (κ2) is 23.8. The van der Waals surface area contributed by atoms with Gasteiger partial charge in [-0.25, -0.2) is 0 Å². The van der Waals surface area contributed by atoms with Crippen molar-refractivity contribution in [1.29, 1.82) is 0 Å².